The monoisotopic (exact) mass is 556 g/mol. The lowest BCUT2D eigenvalue weighted by atomic mass is 9.92. The number of nitrogens with one attached hydrogen (secondary N) is 4. The number of hydrogen-bond donors (Lipinski definition) is 4. The minimum Gasteiger partial charge on any atom is -0.444 e. The quantitative estimate of drug-likeness (QED) is 0.239. The number of nitrogens with zero attached hydrogens (tertiary/aromatic N) is 4. The van der Waals surface area contributed by atoms with Gasteiger partial charge in [0.05, 0.1) is 17.1 Å². The minimum absolute atomic E-state index is 0.0108. The van der Waals surface area contributed by atoms with E-state index in [2.05, 4.69) is 38.0 Å². The van der Waals surface area contributed by atoms with Gasteiger partial charge in [0, 0.05) is 42.3 Å². The van der Waals surface area contributed by atoms with Gasteiger partial charge in [-0.25, -0.2) is 9.78 Å². The van der Waals surface area contributed by atoms with Crippen LogP contribution in [0.3, 0.4) is 0 Å². The van der Waals surface area contributed by atoms with E-state index in [9.17, 15) is 9.59 Å². The number of carbonyl (C=O) groups is 2. The lowest BCUT2D eigenvalue weighted by Gasteiger charge is -2.38. The summed E-state index contributed by atoms with van der Waals surface area (Å²) < 4.78 is 5.35. The van der Waals surface area contributed by atoms with Gasteiger partial charge < -0.3 is 20.3 Å². The van der Waals surface area contributed by atoms with Gasteiger partial charge in [0.1, 0.15) is 11.4 Å². The Hall–Kier alpha value is -4.67. The molecule has 2 amide bonds. The van der Waals surface area contributed by atoms with E-state index >= 15 is 0 Å². The standard InChI is InChI=1S/C30H36N8O3/c1-18-11-12-20(27(39)32-21-9-7-6-8-10-21)17-38(18)25-16-23(33-28(31-5)34-25)19-13-14-22-24(15-19)36-37-26(22)35-29(40)41-30(2,3)4/h6-10,13-16,18,20H,11-12,17H2,1-5H3,(H,32,39)(H,31,33,34)(H2,35,36,37,40)/t18-,20+/m1/s1. The van der Waals surface area contributed by atoms with Crippen LogP contribution in [0.25, 0.3) is 22.2 Å². The van der Waals surface area contributed by atoms with Gasteiger partial charge in [-0.2, -0.15) is 10.1 Å². The molecule has 41 heavy (non-hydrogen) atoms. The van der Waals surface area contributed by atoms with Crippen molar-refractivity contribution in [1.29, 1.82) is 0 Å². The third kappa shape index (κ3) is 6.56. The summed E-state index contributed by atoms with van der Waals surface area (Å²) in [6.07, 6.45) is 1.11. The number of rotatable bonds is 6. The number of para-hydroxylation sites is 1. The van der Waals surface area contributed by atoms with Crippen LogP contribution in [0.15, 0.2) is 54.6 Å². The number of ether oxygens (including phenoxy) is 1. The van der Waals surface area contributed by atoms with E-state index in [-0.39, 0.29) is 17.9 Å². The Bertz CT molecular complexity index is 1550. The van der Waals surface area contributed by atoms with Crippen LogP contribution in [-0.2, 0) is 9.53 Å². The molecule has 0 aliphatic carbocycles. The van der Waals surface area contributed by atoms with Crippen LogP contribution in [0.5, 0.6) is 0 Å². The summed E-state index contributed by atoms with van der Waals surface area (Å²) in [5.74, 6) is 1.47. The Morgan fingerprint density at radius 3 is 2.54 bits per heavy atom. The first-order valence-corrected chi connectivity index (χ1v) is 13.8. The van der Waals surface area contributed by atoms with Gasteiger partial charge >= 0.3 is 6.09 Å². The molecule has 11 heteroatoms. The molecule has 1 aliphatic heterocycles. The molecule has 5 rings (SSSR count). The second-order valence-electron chi connectivity index (χ2n) is 11.3. The number of anilines is 4. The van der Waals surface area contributed by atoms with E-state index in [1.807, 2.05) is 54.6 Å². The van der Waals surface area contributed by atoms with Crippen LogP contribution in [0.4, 0.5) is 28.1 Å². The Balaban J connectivity index is 1.38. The minimum atomic E-state index is -0.614. The van der Waals surface area contributed by atoms with Crippen molar-refractivity contribution in [3.8, 4) is 11.3 Å². The Kier molecular flexibility index (Phi) is 7.78. The molecule has 3 heterocycles. The molecule has 4 aromatic rings. The van der Waals surface area contributed by atoms with Gasteiger partial charge in [-0.3, -0.25) is 15.2 Å². The van der Waals surface area contributed by atoms with Crippen molar-refractivity contribution >= 4 is 46.2 Å². The zero-order chi connectivity index (χ0) is 29.1. The molecule has 0 spiro atoms. The lowest BCUT2D eigenvalue weighted by Crippen LogP contribution is -2.46. The highest BCUT2D eigenvalue weighted by Gasteiger charge is 2.31. The van der Waals surface area contributed by atoms with Crippen molar-refractivity contribution in [2.24, 2.45) is 5.92 Å². The van der Waals surface area contributed by atoms with Crippen LogP contribution in [0, 0.1) is 5.92 Å². The summed E-state index contributed by atoms with van der Waals surface area (Å²) in [7, 11) is 1.78. The molecule has 1 saturated heterocycles. The smallest absolute Gasteiger partial charge is 0.413 e. The molecule has 2 atom stereocenters. The molecular weight excluding hydrogens is 520 g/mol. The largest absolute Gasteiger partial charge is 0.444 e. The number of hydrogen-bond acceptors (Lipinski definition) is 8. The number of H-pyrrole nitrogens is 1. The van der Waals surface area contributed by atoms with Gasteiger partial charge in [0.25, 0.3) is 0 Å². The fraction of sp³-hybridized carbons (Fsp3) is 0.367. The Morgan fingerprint density at radius 1 is 1.02 bits per heavy atom. The summed E-state index contributed by atoms with van der Waals surface area (Å²) in [4.78, 5) is 37.0. The molecular formula is C30H36N8O3. The predicted octanol–water partition coefficient (Wildman–Crippen LogP) is 5.65. The van der Waals surface area contributed by atoms with Crippen LogP contribution < -0.4 is 20.9 Å². The van der Waals surface area contributed by atoms with Gasteiger partial charge in [-0.05, 0) is 64.8 Å². The summed E-state index contributed by atoms with van der Waals surface area (Å²) >= 11 is 0. The second kappa shape index (κ2) is 11.4. The molecule has 214 valence electrons. The van der Waals surface area contributed by atoms with Gasteiger partial charge in [-0.15, -0.1) is 0 Å². The number of piperidine rings is 1. The second-order valence-corrected chi connectivity index (χ2v) is 11.3. The summed E-state index contributed by atoms with van der Waals surface area (Å²) in [5.41, 5.74) is 2.50. The molecule has 2 aromatic heterocycles. The van der Waals surface area contributed by atoms with E-state index in [0.717, 1.165) is 46.5 Å². The Morgan fingerprint density at radius 2 is 1.80 bits per heavy atom. The molecule has 11 nitrogen and oxygen atoms in total. The third-order valence-corrected chi connectivity index (χ3v) is 7.00. The molecule has 2 aromatic carbocycles. The fourth-order valence-electron chi connectivity index (χ4n) is 4.92. The fourth-order valence-corrected chi connectivity index (χ4v) is 4.92. The number of aromatic amines is 1. The maximum absolute atomic E-state index is 13.1. The maximum Gasteiger partial charge on any atom is 0.413 e. The first-order chi connectivity index (χ1) is 19.6. The molecule has 0 bridgehead atoms. The maximum atomic E-state index is 13.1. The van der Waals surface area contributed by atoms with E-state index in [0.29, 0.717) is 18.3 Å². The van der Waals surface area contributed by atoms with E-state index < -0.39 is 11.7 Å². The number of amides is 2. The summed E-state index contributed by atoms with van der Waals surface area (Å²) in [5, 5.41) is 16.8. The highest BCUT2D eigenvalue weighted by atomic mass is 16.6. The van der Waals surface area contributed by atoms with Crippen molar-refractivity contribution in [2.75, 3.05) is 34.4 Å². The molecule has 4 N–H and O–H groups in total. The SMILES string of the molecule is CNc1nc(-c2ccc3c(NC(=O)OC(C)(C)C)n[nH]c3c2)cc(N2C[C@@H](C(=O)Nc3ccccc3)CC[C@H]2C)n1. The first-order valence-electron chi connectivity index (χ1n) is 13.8. The average Bonchev–Trinajstić information content (AvgIpc) is 3.34. The predicted molar refractivity (Wildman–Crippen MR) is 161 cm³/mol. The van der Waals surface area contributed by atoms with Gasteiger partial charge in [0.2, 0.25) is 11.9 Å². The van der Waals surface area contributed by atoms with Crippen molar-refractivity contribution in [1.82, 2.24) is 20.2 Å². The van der Waals surface area contributed by atoms with E-state index in [1.165, 1.54) is 0 Å². The molecule has 1 aliphatic rings. The van der Waals surface area contributed by atoms with Gasteiger partial charge in [-0.1, -0.05) is 24.3 Å². The Labute approximate surface area is 239 Å². The number of benzene rings is 2. The number of carbonyl (C=O) groups excluding carboxylic acids is 2. The highest BCUT2D eigenvalue weighted by molar-refractivity contribution is 5.98. The normalized spacial score (nSPS) is 17.2. The van der Waals surface area contributed by atoms with E-state index in [1.54, 1.807) is 27.8 Å². The lowest BCUT2D eigenvalue weighted by molar-refractivity contribution is -0.120. The third-order valence-electron chi connectivity index (χ3n) is 7.00. The molecule has 0 unspecified atom stereocenters. The van der Waals surface area contributed by atoms with Crippen LogP contribution in [0.2, 0.25) is 0 Å². The van der Waals surface area contributed by atoms with Crippen LogP contribution in [0.1, 0.15) is 40.5 Å². The average molecular weight is 557 g/mol. The molecule has 0 radical (unpaired) electrons. The van der Waals surface area contributed by atoms with Crippen molar-refractivity contribution in [2.45, 2.75) is 52.2 Å². The molecule has 1 fully saturated rings. The van der Waals surface area contributed by atoms with Crippen molar-refractivity contribution < 1.29 is 14.3 Å². The zero-order valence-corrected chi connectivity index (χ0v) is 24.0. The summed E-state index contributed by atoms with van der Waals surface area (Å²) in [6, 6.07) is 17.4. The molecule has 0 saturated carbocycles. The van der Waals surface area contributed by atoms with E-state index in [4.69, 9.17) is 14.7 Å². The van der Waals surface area contributed by atoms with Crippen molar-refractivity contribution in [3.63, 3.8) is 0 Å². The zero-order valence-electron chi connectivity index (χ0n) is 24.0. The van der Waals surface area contributed by atoms with Crippen LogP contribution in [-0.4, -0.2) is 57.4 Å². The van der Waals surface area contributed by atoms with Crippen LogP contribution >= 0.6 is 0 Å². The number of aromatic nitrogens is 4. The highest BCUT2D eigenvalue weighted by Crippen LogP contribution is 2.32. The van der Waals surface area contributed by atoms with Gasteiger partial charge in [0.15, 0.2) is 5.82 Å². The summed E-state index contributed by atoms with van der Waals surface area (Å²) in [6.45, 7) is 8.13. The topological polar surface area (TPSA) is 137 Å². The first kappa shape index (κ1) is 27.9. The van der Waals surface area contributed by atoms with Crippen molar-refractivity contribution in [3.05, 3.63) is 54.6 Å². The number of fused-ring (bicyclic) bond motifs is 1.